The number of aliphatic hydroxyl groups is 2. The van der Waals surface area contributed by atoms with Crippen LogP contribution < -0.4 is 0 Å². The van der Waals surface area contributed by atoms with Crippen molar-refractivity contribution in [1.82, 2.24) is 14.9 Å². The molecule has 0 radical (unpaired) electrons. The van der Waals surface area contributed by atoms with Gasteiger partial charge in [0.2, 0.25) is 0 Å². The lowest BCUT2D eigenvalue weighted by Crippen LogP contribution is -2.30. The molecule has 0 aromatic carbocycles. The van der Waals surface area contributed by atoms with E-state index in [0.717, 1.165) is 0 Å². The summed E-state index contributed by atoms with van der Waals surface area (Å²) in [5, 5.41) is 18.8. The van der Waals surface area contributed by atoms with Crippen molar-refractivity contribution in [3.63, 3.8) is 0 Å². The van der Waals surface area contributed by atoms with Crippen LogP contribution >= 0.6 is 11.6 Å². The molecule has 1 fully saturated rings. The van der Waals surface area contributed by atoms with Crippen LogP contribution in [0.4, 0.5) is 0 Å². The van der Waals surface area contributed by atoms with Crippen LogP contribution in [0.3, 0.4) is 0 Å². The molecule has 86 valence electrons. The van der Waals surface area contributed by atoms with Crippen molar-refractivity contribution in [3.8, 4) is 0 Å². The van der Waals surface area contributed by atoms with E-state index in [9.17, 15) is 15.0 Å². The molecule has 2 rings (SSSR count). The lowest BCUT2D eigenvalue weighted by atomic mass is 10.3. The van der Waals surface area contributed by atoms with Crippen LogP contribution in [0, 0.1) is 0 Å². The first-order valence-corrected chi connectivity index (χ1v) is 5.08. The lowest BCUT2D eigenvalue weighted by Gasteiger charge is -2.14. The van der Waals surface area contributed by atoms with Gasteiger partial charge in [0, 0.05) is 13.1 Å². The number of likely N-dealkylation sites (tertiary alicyclic amines) is 1. The molecule has 0 bridgehead atoms. The number of hydrogen-bond donors (Lipinski definition) is 2. The summed E-state index contributed by atoms with van der Waals surface area (Å²) in [4.78, 5) is 20.7. The maximum Gasteiger partial charge on any atom is 0.274 e. The van der Waals surface area contributed by atoms with Crippen LogP contribution in [0.1, 0.15) is 10.5 Å². The van der Waals surface area contributed by atoms with E-state index in [1.165, 1.54) is 17.3 Å². The fourth-order valence-corrected chi connectivity index (χ4v) is 1.69. The summed E-state index contributed by atoms with van der Waals surface area (Å²) in [5.41, 5.74) is 0.105. The van der Waals surface area contributed by atoms with Gasteiger partial charge in [-0.1, -0.05) is 11.6 Å². The van der Waals surface area contributed by atoms with E-state index < -0.39 is 18.1 Å². The molecular formula is C9H10ClN3O3. The number of halogens is 1. The Morgan fingerprint density at radius 2 is 2.00 bits per heavy atom. The first-order chi connectivity index (χ1) is 7.58. The Morgan fingerprint density at radius 3 is 2.56 bits per heavy atom. The van der Waals surface area contributed by atoms with Crippen LogP contribution in [-0.4, -0.2) is 56.3 Å². The van der Waals surface area contributed by atoms with Crippen molar-refractivity contribution in [2.24, 2.45) is 0 Å². The van der Waals surface area contributed by atoms with Crippen LogP contribution in [0.25, 0.3) is 0 Å². The van der Waals surface area contributed by atoms with Gasteiger partial charge in [0.1, 0.15) is 10.8 Å². The van der Waals surface area contributed by atoms with Crippen molar-refractivity contribution >= 4 is 17.5 Å². The molecule has 1 saturated heterocycles. The average molecular weight is 244 g/mol. The number of amides is 1. The normalized spacial score (nSPS) is 24.8. The molecule has 1 aromatic heterocycles. The zero-order chi connectivity index (χ0) is 11.7. The topological polar surface area (TPSA) is 86.6 Å². The number of carbonyl (C=O) groups is 1. The molecule has 1 aliphatic rings. The highest BCUT2D eigenvalue weighted by molar-refractivity contribution is 6.29. The standard InChI is InChI=1S/C9H10ClN3O3/c10-8-2-11-1-5(12-8)9(16)13-3-6(14)7(15)4-13/h1-2,6-7,14-15H,3-4H2/t6-,7+. The Hall–Kier alpha value is -1.24. The quantitative estimate of drug-likeness (QED) is 0.682. The zero-order valence-corrected chi connectivity index (χ0v) is 9.00. The minimum atomic E-state index is -0.906. The molecule has 0 spiro atoms. The summed E-state index contributed by atoms with van der Waals surface area (Å²) in [5.74, 6) is -0.398. The Morgan fingerprint density at radius 1 is 1.38 bits per heavy atom. The van der Waals surface area contributed by atoms with Gasteiger partial charge in [0.25, 0.3) is 5.91 Å². The van der Waals surface area contributed by atoms with Gasteiger partial charge >= 0.3 is 0 Å². The number of aromatic nitrogens is 2. The summed E-state index contributed by atoms with van der Waals surface area (Å²) >= 11 is 5.61. The fourth-order valence-electron chi connectivity index (χ4n) is 1.54. The highest BCUT2D eigenvalue weighted by Gasteiger charge is 2.33. The maximum absolute atomic E-state index is 11.8. The predicted octanol–water partition coefficient (Wildman–Crippen LogP) is -0.692. The molecule has 1 aromatic rings. The largest absolute Gasteiger partial charge is 0.388 e. The van der Waals surface area contributed by atoms with Gasteiger partial charge in [-0.05, 0) is 0 Å². The first kappa shape index (κ1) is 11.3. The Bertz CT molecular complexity index is 405. The minimum absolute atomic E-state index is 0.0915. The molecule has 2 N–H and O–H groups in total. The van der Waals surface area contributed by atoms with Crippen molar-refractivity contribution < 1.29 is 15.0 Å². The number of hydrogen-bond acceptors (Lipinski definition) is 5. The zero-order valence-electron chi connectivity index (χ0n) is 8.25. The van der Waals surface area contributed by atoms with E-state index in [0.29, 0.717) is 0 Å². The van der Waals surface area contributed by atoms with Gasteiger partial charge in [-0.25, -0.2) is 4.98 Å². The average Bonchev–Trinajstić information content (AvgIpc) is 2.58. The van der Waals surface area contributed by atoms with Crippen LogP contribution in [0.2, 0.25) is 5.15 Å². The molecule has 7 heteroatoms. The lowest BCUT2D eigenvalue weighted by molar-refractivity contribution is 0.0572. The Kier molecular flexibility index (Phi) is 3.04. The summed E-state index contributed by atoms with van der Waals surface area (Å²) < 4.78 is 0. The van der Waals surface area contributed by atoms with Crippen molar-refractivity contribution in [2.45, 2.75) is 12.2 Å². The van der Waals surface area contributed by atoms with Crippen molar-refractivity contribution in [2.75, 3.05) is 13.1 Å². The predicted molar refractivity (Wildman–Crippen MR) is 55.0 cm³/mol. The molecule has 2 heterocycles. The molecule has 1 aliphatic heterocycles. The Balaban J connectivity index is 2.14. The van der Waals surface area contributed by atoms with Gasteiger partial charge in [0.05, 0.1) is 24.6 Å². The number of nitrogens with zero attached hydrogens (tertiary/aromatic N) is 3. The van der Waals surface area contributed by atoms with Crippen molar-refractivity contribution in [1.29, 1.82) is 0 Å². The third kappa shape index (κ3) is 2.13. The highest BCUT2D eigenvalue weighted by atomic mass is 35.5. The minimum Gasteiger partial charge on any atom is -0.388 e. The second kappa shape index (κ2) is 4.32. The van der Waals surface area contributed by atoms with Gasteiger partial charge in [-0.15, -0.1) is 0 Å². The Labute approximate surface area is 96.5 Å². The molecule has 0 aliphatic carbocycles. The summed E-state index contributed by atoms with van der Waals surface area (Å²) in [7, 11) is 0. The monoisotopic (exact) mass is 243 g/mol. The molecule has 6 nitrogen and oxygen atoms in total. The second-order valence-corrected chi connectivity index (χ2v) is 3.96. The number of aliphatic hydroxyl groups excluding tert-OH is 2. The molecular weight excluding hydrogens is 234 g/mol. The van der Waals surface area contributed by atoms with E-state index in [1.54, 1.807) is 0 Å². The van der Waals surface area contributed by atoms with Gasteiger partial charge in [0.15, 0.2) is 0 Å². The third-order valence-corrected chi connectivity index (χ3v) is 2.55. The van der Waals surface area contributed by atoms with Gasteiger partial charge in [-0.3, -0.25) is 9.78 Å². The number of carbonyl (C=O) groups excluding carboxylic acids is 1. The van der Waals surface area contributed by atoms with E-state index in [1.807, 2.05) is 0 Å². The third-order valence-electron chi connectivity index (χ3n) is 2.37. The number of rotatable bonds is 1. The molecule has 0 saturated carbocycles. The van der Waals surface area contributed by atoms with E-state index in [4.69, 9.17) is 11.6 Å². The molecule has 1 amide bonds. The highest BCUT2D eigenvalue weighted by Crippen LogP contribution is 2.13. The van der Waals surface area contributed by atoms with E-state index >= 15 is 0 Å². The fraction of sp³-hybridized carbons (Fsp3) is 0.444. The van der Waals surface area contributed by atoms with Crippen LogP contribution in [0.5, 0.6) is 0 Å². The summed E-state index contributed by atoms with van der Waals surface area (Å²) in [6.07, 6.45) is 0.810. The molecule has 2 atom stereocenters. The van der Waals surface area contributed by atoms with Crippen LogP contribution in [-0.2, 0) is 0 Å². The van der Waals surface area contributed by atoms with E-state index in [2.05, 4.69) is 9.97 Å². The first-order valence-electron chi connectivity index (χ1n) is 4.71. The summed E-state index contributed by atoms with van der Waals surface area (Å²) in [6.45, 7) is 0.183. The maximum atomic E-state index is 11.8. The van der Waals surface area contributed by atoms with E-state index in [-0.39, 0.29) is 23.9 Å². The molecule has 16 heavy (non-hydrogen) atoms. The van der Waals surface area contributed by atoms with Crippen molar-refractivity contribution in [3.05, 3.63) is 23.2 Å². The smallest absolute Gasteiger partial charge is 0.274 e. The number of β-amino-alcohol motifs (C(OH)–C–C–N with tert-alkyl or cyclic N) is 2. The van der Waals surface area contributed by atoms with Gasteiger partial charge in [-0.2, -0.15) is 0 Å². The van der Waals surface area contributed by atoms with Crippen LogP contribution in [0.15, 0.2) is 12.4 Å². The van der Waals surface area contributed by atoms with Gasteiger partial charge < -0.3 is 15.1 Å². The molecule has 0 unspecified atom stereocenters. The SMILES string of the molecule is O=C(c1cncc(Cl)n1)N1C[C@@H](O)[C@@H](O)C1. The second-order valence-electron chi connectivity index (χ2n) is 3.57. The summed E-state index contributed by atoms with van der Waals surface area (Å²) in [6, 6.07) is 0.